The van der Waals surface area contributed by atoms with E-state index in [1.807, 2.05) is 0 Å². The smallest absolute Gasteiger partial charge is 0.334 e. The van der Waals surface area contributed by atoms with Crippen LogP contribution in [0.3, 0.4) is 0 Å². The van der Waals surface area contributed by atoms with Crippen LogP contribution in [0.4, 0.5) is 0 Å². The molecular formula is C20H26O3. The minimum Gasteiger partial charge on any atom is -0.508 e. The molecule has 124 valence electrons. The lowest BCUT2D eigenvalue weighted by atomic mass is 9.55. The summed E-state index contributed by atoms with van der Waals surface area (Å²) in [6.45, 7) is 7.19. The molecule has 4 aliphatic rings. The zero-order valence-corrected chi connectivity index (χ0v) is 14.4. The van der Waals surface area contributed by atoms with Crippen molar-refractivity contribution in [3.63, 3.8) is 0 Å². The number of cyclic esters (lactones) is 1. The van der Waals surface area contributed by atoms with Crippen LogP contribution in [-0.4, -0.2) is 17.7 Å². The Hall–Kier alpha value is -1.51. The topological polar surface area (TPSA) is 46.5 Å². The van der Waals surface area contributed by atoms with Gasteiger partial charge < -0.3 is 9.84 Å². The molecule has 0 unspecified atom stereocenters. The van der Waals surface area contributed by atoms with Crippen LogP contribution in [0.5, 0.6) is 0 Å². The van der Waals surface area contributed by atoms with Crippen LogP contribution >= 0.6 is 0 Å². The highest BCUT2D eigenvalue weighted by atomic mass is 16.5. The average molecular weight is 314 g/mol. The van der Waals surface area contributed by atoms with Crippen LogP contribution in [0.15, 0.2) is 33.6 Å². The maximum atomic E-state index is 11.9. The summed E-state index contributed by atoms with van der Waals surface area (Å²) < 4.78 is 5.31. The van der Waals surface area contributed by atoms with Crippen molar-refractivity contribution >= 4 is 5.97 Å². The molecule has 0 aromatic rings. The molecule has 0 spiro atoms. The van der Waals surface area contributed by atoms with Crippen LogP contribution in [-0.2, 0) is 9.53 Å². The molecular weight excluding hydrogens is 288 g/mol. The predicted molar refractivity (Wildman–Crippen MR) is 88.8 cm³/mol. The fraction of sp³-hybridized carbons (Fsp3) is 0.650. The molecule has 0 radical (unpaired) electrons. The monoisotopic (exact) mass is 314 g/mol. The zero-order chi connectivity index (χ0) is 16.4. The van der Waals surface area contributed by atoms with Gasteiger partial charge in [0.1, 0.15) is 12.4 Å². The number of carbonyl (C=O) groups is 1. The van der Waals surface area contributed by atoms with Crippen molar-refractivity contribution < 1.29 is 14.6 Å². The molecule has 1 heterocycles. The minimum absolute atomic E-state index is 0.0877. The summed E-state index contributed by atoms with van der Waals surface area (Å²) in [6.07, 6.45) is 5.85. The van der Waals surface area contributed by atoms with Gasteiger partial charge in [-0.2, -0.15) is 0 Å². The first kappa shape index (κ1) is 15.0. The van der Waals surface area contributed by atoms with Gasteiger partial charge in [-0.25, -0.2) is 4.79 Å². The summed E-state index contributed by atoms with van der Waals surface area (Å²) >= 11 is 0. The van der Waals surface area contributed by atoms with Crippen molar-refractivity contribution in [2.75, 3.05) is 6.61 Å². The third-order valence-electron chi connectivity index (χ3n) is 6.74. The van der Waals surface area contributed by atoms with Crippen molar-refractivity contribution in [3.8, 4) is 0 Å². The Bertz CT molecular complexity index is 677. The van der Waals surface area contributed by atoms with Crippen molar-refractivity contribution in [2.24, 2.45) is 17.3 Å². The first-order chi connectivity index (χ1) is 10.9. The number of rotatable bonds is 1. The van der Waals surface area contributed by atoms with Gasteiger partial charge in [0, 0.05) is 5.57 Å². The Morgan fingerprint density at radius 2 is 1.96 bits per heavy atom. The van der Waals surface area contributed by atoms with Gasteiger partial charge in [-0.15, -0.1) is 0 Å². The molecule has 3 nitrogen and oxygen atoms in total. The van der Waals surface area contributed by atoms with E-state index in [4.69, 9.17) is 4.74 Å². The van der Waals surface area contributed by atoms with Gasteiger partial charge in [0.25, 0.3) is 0 Å². The van der Waals surface area contributed by atoms with E-state index >= 15 is 0 Å². The number of aliphatic hydroxyl groups excluding tert-OH is 1. The molecule has 23 heavy (non-hydrogen) atoms. The molecule has 0 aromatic heterocycles. The van der Waals surface area contributed by atoms with Crippen molar-refractivity contribution in [2.45, 2.75) is 59.3 Å². The standard InChI is InChI=1S/C20H26O3/c1-11(2)12-4-6-16-14(18(12)21)5-7-17-15-10-23-19(22)13(15)8-9-20(16,17)3/h11,17,21H,4-10H2,1-3H3/t17-,20+/m0/s1. The molecule has 3 heteroatoms. The van der Waals surface area contributed by atoms with Crippen LogP contribution in [0, 0.1) is 17.3 Å². The second kappa shape index (κ2) is 4.99. The third-order valence-corrected chi connectivity index (χ3v) is 6.74. The van der Waals surface area contributed by atoms with Crippen LogP contribution in [0.2, 0.25) is 0 Å². The number of hydrogen-bond donors (Lipinski definition) is 1. The van der Waals surface area contributed by atoms with E-state index in [2.05, 4.69) is 20.8 Å². The van der Waals surface area contributed by atoms with E-state index in [-0.39, 0.29) is 11.4 Å². The second-order valence-corrected chi connectivity index (χ2v) is 8.07. The van der Waals surface area contributed by atoms with Gasteiger partial charge >= 0.3 is 5.97 Å². The SMILES string of the molecule is CC(C)C1=C(O)C2=C(CC1)[C@@]1(C)CCC3=C(COC3=O)[C@@H]1CC2. The number of allylic oxidation sites excluding steroid dienone is 3. The molecule has 0 saturated carbocycles. The quantitative estimate of drug-likeness (QED) is 0.719. The fourth-order valence-corrected chi connectivity index (χ4v) is 5.44. The summed E-state index contributed by atoms with van der Waals surface area (Å²) in [7, 11) is 0. The first-order valence-electron chi connectivity index (χ1n) is 8.97. The predicted octanol–water partition coefficient (Wildman–Crippen LogP) is 4.61. The van der Waals surface area contributed by atoms with E-state index in [0.717, 1.165) is 44.1 Å². The first-order valence-corrected chi connectivity index (χ1v) is 8.97. The molecule has 0 fully saturated rings. The summed E-state index contributed by atoms with van der Waals surface area (Å²) in [6, 6.07) is 0. The molecule has 0 saturated heterocycles. The van der Waals surface area contributed by atoms with Crippen molar-refractivity contribution in [1.29, 1.82) is 0 Å². The van der Waals surface area contributed by atoms with Crippen LogP contribution in [0.1, 0.15) is 59.3 Å². The molecule has 0 bridgehead atoms. The maximum Gasteiger partial charge on any atom is 0.334 e. The third kappa shape index (κ3) is 1.98. The van der Waals surface area contributed by atoms with Gasteiger partial charge in [-0.3, -0.25) is 0 Å². The molecule has 0 aromatic carbocycles. The zero-order valence-electron chi connectivity index (χ0n) is 14.4. The van der Waals surface area contributed by atoms with Crippen LogP contribution < -0.4 is 0 Å². The Kier molecular flexibility index (Phi) is 3.26. The van der Waals surface area contributed by atoms with Crippen molar-refractivity contribution in [1.82, 2.24) is 0 Å². The highest BCUT2D eigenvalue weighted by Gasteiger charge is 2.50. The lowest BCUT2D eigenvalue weighted by molar-refractivity contribution is -0.136. The number of carbonyl (C=O) groups excluding carboxylic acids is 1. The van der Waals surface area contributed by atoms with Gasteiger partial charge in [0.2, 0.25) is 0 Å². The molecule has 0 amide bonds. The number of fused-ring (bicyclic) bond motifs is 3. The van der Waals surface area contributed by atoms with Crippen LogP contribution in [0.25, 0.3) is 0 Å². The van der Waals surface area contributed by atoms with Gasteiger partial charge in [0.15, 0.2) is 0 Å². The average Bonchev–Trinajstić information content (AvgIpc) is 2.88. The summed E-state index contributed by atoms with van der Waals surface area (Å²) in [5.41, 5.74) is 6.20. The van der Waals surface area contributed by atoms with Gasteiger partial charge in [0.05, 0.1) is 0 Å². The Labute approximate surface area is 138 Å². The van der Waals surface area contributed by atoms with E-state index in [1.54, 1.807) is 0 Å². The van der Waals surface area contributed by atoms with Gasteiger partial charge in [-0.05, 0) is 72.5 Å². The summed E-state index contributed by atoms with van der Waals surface area (Å²) in [5, 5.41) is 10.8. The normalized spacial score (nSPS) is 33.7. The van der Waals surface area contributed by atoms with E-state index < -0.39 is 0 Å². The molecule has 1 aliphatic heterocycles. The fourth-order valence-electron chi connectivity index (χ4n) is 5.44. The van der Waals surface area contributed by atoms with Crippen molar-refractivity contribution in [3.05, 3.63) is 33.6 Å². The number of ether oxygens (including phenoxy) is 1. The second-order valence-electron chi connectivity index (χ2n) is 8.07. The Balaban J connectivity index is 1.79. The van der Waals surface area contributed by atoms with E-state index in [0.29, 0.717) is 24.2 Å². The molecule has 3 aliphatic carbocycles. The van der Waals surface area contributed by atoms with E-state index in [1.165, 1.54) is 22.3 Å². The molecule has 2 atom stereocenters. The Morgan fingerprint density at radius 3 is 2.70 bits per heavy atom. The number of esters is 1. The lowest BCUT2D eigenvalue weighted by Gasteiger charge is -2.49. The number of aliphatic hydroxyl groups is 1. The van der Waals surface area contributed by atoms with E-state index in [9.17, 15) is 9.90 Å². The summed E-state index contributed by atoms with van der Waals surface area (Å²) in [4.78, 5) is 11.9. The highest BCUT2D eigenvalue weighted by Crippen LogP contribution is 2.59. The number of hydrogen-bond acceptors (Lipinski definition) is 3. The largest absolute Gasteiger partial charge is 0.508 e. The Morgan fingerprint density at radius 1 is 1.17 bits per heavy atom. The molecule has 4 rings (SSSR count). The highest BCUT2D eigenvalue weighted by molar-refractivity contribution is 5.92. The summed E-state index contributed by atoms with van der Waals surface area (Å²) in [5.74, 6) is 1.33. The maximum absolute atomic E-state index is 11.9. The molecule has 1 N–H and O–H groups in total. The lowest BCUT2D eigenvalue weighted by Crippen LogP contribution is -2.39. The van der Waals surface area contributed by atoms with Gasteiger partial charge in [-0.1, -0.05) is 26.3 Å². The minimum atomic E-state index is -0.0877.